The molecule has 0 aliphatic carbocycles. The van der Waals surface area contributed by atoms with Gasteiger partial charge in [-0.15, -0.1) is 0 Å². The van der Waals surface area contributed by atoms with Crippen LogP contribution in [0.4, 0.5) is 5.69 Å². The van der Waals surface area contributed by atoms with E-state index in [1.54, 1.807) is 42.4 Å². The Kier molecular flexibility index (Phi) is 6.04. The molecule has 8 heteroatoms. The molecule has 5 rings (SSSR count). The molecule has 3 aliphatic heterocycles. The number of rotatable bonds is 5. The normalized spacial score (nSPS) is 19.1. The summed E-state index contributed by atoms with van der Waals surface area (Å²) >= 11 is 0. The zero-order chi connectivity index (χ0) is 23.7. The van der Waals surface area contributed by atoms with Crippen molar-refractivity contribution in [3.8, 4) is 23.0 Å². The second kappa shape index (κ2) is 9.29. The van der Waals surface area contributed by atoms with Crippen LogP contribution in [0, 0.1) is 5.92 Å². The van der Waals surface area contributed by atoms with E-state index in [4.69, 9.17) is 18.9 Å². The molecule has 0 bridgehead atoms. The van der Waals surface area contributed by atoms with Crippen molar-refractivity contribution in [1.82, 2.24) is 4.90 Å². The molecule has 3 heterocycles. The number of hydrogen-bond acceptors (Lipinski definition) is 6. The van der Waals surface area contributed by atoms with E-state index in [0.717, 1.165) is 29.0 Å². The summed E-state index contributed by atoms with van der Waals surface area (Å²) in [5, 5.41) is 2.95. The highest BCUT2D eigenvalue weighted by molar-refractivity contribution is 5.94. The smallest absolute Gasteiger partial charge is 0.246 e. The molecular weight excluding hydrogens is 436 g/mol. The van der Waals surface area contributed by atoms with E-state index in [1.165, 1.54) is 0 Å². The Balaban J connectivity index is 1.16. The first-order chi connectivity index (χ1) is 16.5. The van der Waals surface area contributed by atoms with Gasteiger partial charge in [0.1, 0.15) is 17.6 Å². The number of nitrogens with zero attached hydrogens (tertiary/aromatic N) is 1. The molecule has 2 amide bonds. The predicted molar refractivity (Wildman–Crippen MR) is 126 cm³/mol. The highest BCUT2D eigenvalue weighted by atomic mass is 16.7. The first-order valence-corrected chi connectivity index (χ1v) is 11.5. The molecule has 1 fully saturated rings. The van der Waals surface area contributed by atoms with Crippen molar-refractivity contribution >= 4 is 23.6 Å². The van der Waals surface area contributed by atoms with E-state index in [9.17, 15) is 9.59 Å². The molecule has 0 saturated carbocycles. The summed E-state index contributed by atoms with van der Waals surface area (Å²) in [6.07, 6.45) is 5.56. The molecule has 34 heavy (non-hydrogen) atoms. The SMILES string of the molecule is COc1cc2c(cc1C=CC(=O)N1CCC(C(=O)Nc3ccc4c(c3)OCO4)CC1)OC(C)C2. The molecule has 2 aromatic carbocycles. The highest BCUT2D eigenvalue weighted by Gasteiger charge is 2.27. The highest BCUT2D eigenvalue weighted by Crippen LogP contribution is 2.36. The maximum absolute atomic E-state index is 12.8. The lowest BCUT2D eigenvalue weighted by Gasteiger charge is -2.30. The van der Waals surface area contributed by atoms with Crippen LogP contribution in [0.1, 0.15) is 30.9 Å². The lowest BCUT2D eigenvalue weighted by molar-refractivity contribution is -0.130. The maximum atomic E-state index is 12.8. The van der Waals surface area contributed by atoms with Crippen molar-refractivity contribution in [2.24, 2.45) is 5.92 Å². The van der Waals surface area contributed by atoms with Gasteiger partial charge in [0.2, 0.25) is 18.6 Å². The minimum absolute atomic E-state index is 0.0430. The van der Waals surface area contributed by atoms with Crippen LogP contribution in [-0.2, 0) is 16.0 Å². The van der Waals surface area contributed by atoms with Crippen LogP contribution in [0.2, 0.25) is 0 Å². The second-order valence-corrected chi connectivity index (χ2v) is 8.82. The van der Waals surface area contributed by atoms with Crippen molar-refractivity contribution < 1.29 is 28.5 Å². The van der Waals surface area contributed by atoms with E-state index >= 15 is 0 Å². The van der Waals surface area contributed by atoms with Crippen molar-refractivity contribution in [1.29, 1.82) is 0 Å². The second-order valence-electron chi connectivity index (χ2n) is 8.82. The van der Waals surface area contributed by atoms with Crippen molar-refractivity contribution in [3.63, 3.8) is 0 Å². The quantitative estimate of drug-likeness (QED) is 0.680. The lowest BCUT2D eigenvalue weighted by atomic mass is 9.95. The van der Waals surface area contributed by atoms with Crippen LogP contribution < -0.4 is 24.3 Å². The average molecular weight is 465 g/mol. The van der Waals surface area contributed by atoms with Gasteiger partial charge in [0, 0.05) is 54.4 Å². The Morgan fingerprint density at radius 1 is 1.09 bits per heavy atom. The molecule has 3 aliphatic rings. The third kappa shape index (κ3) is 4.53. The van der Waals surface area contributed by atoms with Crippen LogP contribution in [0.15, 0.2) is 36.4 Å². The average Bonchev–Trinajstić information content (AvgIpc) is 3.46. The van der Waals surface area contributed by atoms with Crippen LogP contribution in [0.3, 0.4) is 0 Å². The number of carbonyl (C=O) groups is 2. The zero-order valence-electron chi connectivity index (χ0n) is 19.3. The van der Waals surface area contributed by atoms with Gasteiger partial charge in [0.05, 0.1) is 7.11 Å². The molecule has 1 unspecified atom stereocenters. The number of amides is 2. The van der Waals surface area contributed by atoms with Gasteiger partial charge in [0.15, 0.2) is 11.5 Å². The molecule has 178 valence electrons. The summed E-state index contributed by atoms with van der Waals surface area (Å²) in [6, 6.07) is 9.26. The minimum atomic E-state index is -0.144. The summed E-state index contributed by atoms with van der Waals surface area (Å²) in [5.41, 5.74) is 2.60. The summed E-state index contributed by atoms with van der Waals surface area (Å²) in [7, 11) is 1.62. The molecule has 1 N–H and O–H groups in total. The number of nitrogens with one attached hydrogen (secondary N) is 1. The van der Waals surface area contributed by atoms with Gasteiger partial charge < -0.3 is 29.2 Å². The third-order valence-corrected chi connectivity index (χ3v) is 6.47. The minimum Gasteiger partial charge on any atom is -0.496 e. The summed E-state index contributed by atoms with van der Waals surface area (Å²) in [6.45, 7) is 3.29. The van der Waals surface area contributed by atoms with E-state index in [0.29, 0.717) is 43.1 Å². The fraction of sp³-hybridized carbons (Fsp3) is 0.385. The van der Waals surface area contributed by atoms with E-state index in [1.807, 2.05) is 19.1 Å². The summed E-state index contributed by atoms with van der Waals surface area (Å²) < 4.78 is 22.0. The first-order valence-electron chi connectivity index (χ1n) is 11.5. The Labute approximate surface area is 198 Å². The zero-order valence-corrected chi connectivity index (χ0v) is 19.3. The van der Waals surface area contributed by atoms with Gasteiger partial charge in [-0.25, -0.2) is 0 Å². The molecule has 8 nitrogen and oxygen atoms in total. The van der Waals surface area contributed by atoms with E-state index in [-0.39, 0.29) is 30.6 Å². The maximum Gasteiger partial charge on any atom is 0.246 e. The van der Waals surface area contributed by atoms with E-state index < -0.39 is 0 Å². The number of ether oxygens (including phenoxy) is 4. The third-order valence-electron chi connectivity index (χ3n) is 6.47. The van der Waals surface area contributed by atoms with Gasteiger partial charge in [-0.05, 0) is 50.1 Å². The number of carbonyl (C=O) groups excluding carboxylic acids is 2. The number of methoxy groups -OCH3 is 1. The Bertz CT molecular complexity index is 1140. The van der Waals surface area contributed by atoms with Crippen LogP contribution in [-0.4, -0.2) is 49.8 Å². The topological polar surface area (TPSA) is 86.3 Å². The Morgan fingerprint density at radius 3 is 2.68 bits per heavy atom. The fourth-order valence-electron chi connectivity index (χ4n) is 4.61. The Hall–Kier alpha value is -3.68. The molecule has 1 atom stereocenters. The van der Waals surface area contributed by atoms with Gasteiger partial charge in [0.25, 0.3) is 0 Å². The number of hydrogen-bond donors (Lipinski definition) is 1. The van der Waals surface area contributed by atoms with Gasteiger partial charge in [-0.2, -0.15) is 0 Å². The summed E-state index contributed by atoms with van der Waals surface area (Å²) in [5.74, 6) is 2.61. The van der Waals surface area contributed by atoms with Crippen molar-refractivity contribution in [2.75, 3.05) is 32.3 Å². The van der Waals surface area contributed by atoms with Crippen LogP contribution in [0.5, 0.6) is 23.0 Å². The Morgan fingerprint density at radius 2 is 1.88 bits per heavy atom. The molecule has 0 radical (unpaired) electrons. The largest absolute Gasteiger partial charge is 0.496 e. The van der Waals surface area contributed by atoms with Crippen LogP contribution >= 0.6 is 0 Å². The van der Waals surface area contributed by atoms with Gasteiger partial charge in [-0.3, -0.25) is 9.59 Å². The molecule has 0 spiro atoms. The number of likely N-dealkylation sites (tertiary alicyclic amines) is 1. The van der Waals surface area contributed by atoms with Crippen molar-refractivity contribution in [3.05, 3.63) is 47.5 Å². The molecule has 0 aromatic heterocycles. The van der Waals surface area contributed by atoms with E-state index in [2.05, 4.69) is 5.32 Å². The number of piperidine rings is 1. The predicted octanol–water partition coefficient (Wildman–Crippen LogP) is 3.64. The number of benzene rings is 2. The molecule has 1 saturated heterocycles. The molecular formula is C26H28N2O6. The lowest BCUT2D eigenvalue weighted by Crippen LogP contribution is -2.40. The monoisotopic (exact) mass is 464 g/mol. The van der Waals surface area contributed by atoms with Gasteiger partial charge >= 0.3 is 0 Å². The van der Waals surface area contributed by atoms with Gasteiger partial charge in [-0.1, -0.05) is 0 Å². The van der Waals surface area contributed by atoms with Crippen LogP contribution in [0.25, 0.3) is 6.08 Å². The number of anilines is 1. The molecule has 2 aromatic rings. The standard InChI is InChI=1S/C26H28N2O6/c1-16-11-19-13-22(31-2)18(12-23(19)34-16)3-6-25(29)28-9-7-17(8-10-28)26(30)27-20-4-5-21-24(14-20)33-15-32-21/h3-6,12-14,16-17H,7-11,15H2,1-2H3,(H,27,30). The summed E-state index contributed by atoms with van der Waals surface area (Å²) in [4.78, 5) is 27.3. The van der Waals surface area contributed by atoms with Crippen molar-refractivity contribution in [2.45, 2.75) is 32.3 Å². The first kappa shape index (κ1) is 22.1. The number of fused-ring (bicyclic) bond motifs is 2. The fourth-order valence-corrected chi connectivity index (χ4v) is 4.61.